The Morgan fingerprint density at radius 1 is 0.909 bits per heavy atom. The van der Waals surface area contributed by atoms with Crippen LogP contribution in [0.5, 0.6) is 0 Å². The molecule has 3 aromatic carbocycles. The highest BCUT2D eigenvalue weighted by Gasteiger charge is 2.16. The standard InChI is InChI=1S/C27H26N4O2/c1-19(22-8-4-3-5-9-22)29-27(33)24-10-6-7-11-25(24)30-26(32)23-14-12-21(13-15-23)18-31-17-16-28-20(31)2/h3-17,19H,18H2,1-2H3,(H,29,33)(H,30,32)/t19-/m1/s1. The number of hydrogen-bond acceptors (Lipinski definition) is 3. The van der Waals surface area contributed by atoms with Crippen molar-refractivity contribution in [3.8, 4) is 0 Å². The van der Waals surface area contributed by atoms with Crippen molar-refractivity contribution in [1.29, 1.82) is 0 Å². The van der Waals surface area contributed by atoms with Crippen molar-refractivity contribution in [3.63, 3.8) is 0 Å². The molecule has 166 valence electrons. The van der Waals surface area contributed by atoms with Gasteiger partial charge in [0.2, 0.25) is 0 Å². The van der Waals surface area contributed by atoms with Crippen LogP contribution in [0.1, 0.15) is 50.6 Å². The average Bonchev–Trinajstić information content (AvgIpc) is 3.24. The molecule has 0 aliphatic heterocycles. The highest BCUT2D eigenvalue weighted by Crippen LogP contribution is 2.19. The molecule has 2 amide bonds. The highest BCUT2D eigenvalue weighted by atomic mass is 16.2. The molecule has 0 fully saturated rings. The fraction of sp³-hybridized carbons (Fsp3) is 0.148. The van der Waals surface area contributed by atoms with E-state index < -0.39 is 0 Å². The highest BCUT2D eigenvalue weighted by molar-refractivity contribution is 6.09. The average molecular weight is 439 g/mol. The van der Waals surface area contributed by atoms with Gasteiger partial charge in [0.1, 0.15) is 5.82 Å². The minimum absolute atomic E-state index is 0.158. The number of nitrogens with one attached hydrogen (secondary N) is 2. The third kappa shape index (κ3) is 5.36. The smallest absolute Gasteiger partial charge is 0.255 e. The van der Waals surface area contributed by atoms with E-state index in [1.165, 1.54) is 0 Å². The molecule has 1 heterocycles. The van der Waals surface area contributed by atoms with Crippen molar-refractivity contribution in [2.24, 2.45) is 0 Å². The molecule has 1 aromatic heterocycles. The first-order valence-electron chi connectivity index (χ1n) is 10.8. The summed E-state index contributed by atoms with van der Waals surface area (Å²) in [5, 5.41) is 5.88. The van der Waals surface area contributed by atoms with Gasteiger partial charge in [-0.2, -0.15) is 0 Å². The van der Waals surface area contributed by atoms with E-state index in [0.717, 1.165) is 17.0 Å². The molecule has 0 aliphatic carbocycles. The number of carbonyl (C=O) groups excluding carboxylic acids is 2. The third-order valence-corrected chi connectivity index (χ3v) is 5.56. The van der Waals surface area contributed by atoms with Crippen LogP contribution in [0.4, 0.5) is 5.69 Å². The summed E-state index contributed by atoms with van der Waals surface area (Å²) in [6.45, 7) is 4.58. The third-order valence-electron chi connectivity index (χ3n) is 5.56. The quantitative estimate of drug-likeness (QED) is 0.427. The van der Waals surface area contributed by atoms with Gasteiger partial charge in [-0.25, -0.2) is 4.98 Å². The van der Waals surface area contributed by atoms with Gasteiger partial charge in [0.05, 0.1) is 17.3 Å². The van der Waals surface area contributed by atoms with Gasteiger partial charge in [-0.3, -0.25) is 9.59 Å². The van der Waals surface area contributed by atoms with Gasteiger partial charge in [0, 0.05) is 24.5 Å². The molecule has 33 heavy (non-hydrogen) atoms. The van der Waals surface area contributed by atoms with Gasteiger partial charge in [-0.15, -0.1) is 0 Å². The van der Waals surface area contributed by atoms with Crippen molar-refractivity contribution in [1.82, 2.24) is 14.9 Å². The van der Waals surface area contributed by atoms with Gasteiger partial charge in [0.25, 0.3) is 11.8 Å². The number of hydrogen-bond donors (Lipinski definition) is 2. The maximum atomic E-state index is 12.9. The Labute approximate surface area is 193 Å². The lowest BCUT2D eigenvalue weighted by molar-refractivity contribution is 0.0940. The number of rotatable bonds is 7. The van der Waals surface area contributed by atoms with Crippen LogP contribution < -0.4 is 10.6 Å². The van der Waals surface area contributed by atoms with Gasteiger partial charge < -0.3 is 15.2 Å². The second-order valence-electron chi connectivity index (χ2n) is 7.90. The van der Waals surface area contributed by atoms with E-state index in [9.17, 15) is 9.59 Å². The first kappa shape index (κ1) is 22.0. The molecule has 0 saturated carbocycles. The lowest BCUT2D eigenvalue weighted by Crippen LogP contribution is -2.28. The predicted molar refractivity (Wildman–Crippen MR) is 129 cm³/mol. The first-order valence-corrected chi connectivity index (χ1v) is 10.8. The molecule has 1 atom stereocenters. The summed E-state index contributed by atoms with van der Waals surface area (Å²) in [6.07, 6.45) is 3.70. The Bertz CT molecular complexity index is 1250. The Morgan fingerprint density at radius 3 is 2.30 bits per heavy atom. The van der Waals surface area contributed by atoms with Crippen LogP contribution in [0.2, 0.25) is 0 Å². The van der Waals surface area contributed by atoms with E-state index >= 15 is 0 Å². The number of nitrogens with zero attached hydrogens (tertiary/aromatic N) is 2. The second kappa shape index (κ2) is 9.96. The second-order valence-corrected chi connectivity index (χ2v) is 7.90. The zero-order valence-electron chi connectivity index (χ0n) is 18.7. The first-order chi connectivity index (χ1) is 16.0. The molecule has 6 nitrogen and oxygen atoms in total. The molecule has 2 N–H and O–H groups in total. The molecular formula is C27H26N4O2. The number of anilines is 1. The van der Waals surface area contributed by atoms with Crippen molar-refractivity contribution < 1.29 is 9.59 Å². The summed E-state index contributed by atoms with van der Waals surface area (Å²) < 4.78 is 2.04. The topological polar surface area (TPSA) is 76.0 Å². The van der Waals surface area contributed by atoms with E-state index in [4.69, 9.17) is 0 Å². The minimum Gasteiger partial charge on any atom is -0.345 e. The van der Waals surface area contributed by atoms with E-state index in [1.807, 2.05) is 67.1 Å². The molecule has 0 radical (unpaired) electrons. The fourth-order valence-corrected chi connectivity index (χ4v) is 3.61. The summed E-state index contributed by atoms with van der Waals surface area (Å²) in [7, 11) is 0. The molecule has 4 aromatic rings. The van der Waals surface area contributed by atoms with Crippen molar-refractivity contribution >= 4 is 17.5 Å². The minimum atomic E-state index is -0.267. The SMILES string of the molecule is Cc1nccn1Cc1ccc(C(=O)Nc2ccccc2C(=O)N[C@H](C)c2ccccc2)cc1. The largest absolute Gasteiger partial charge is 0.345 e. The molecule has 6 heteroatoms. The van der Waals surface area contributed by atoms with Crippen LogP contribution in [-0.2, 0) is 6.54 Å². The maximum Gasteiger partial charge on any atom is 0.255 e. The van der Waals surface area contributed by atoms with Crippen LogP contribution in [0.25, 0.3) is 0 Å². The number of para-hydroxylation sites is 1. The number of imidazole rings is 1. The van der Waals surface area contributed by atoms with Crippen molar-refractivity contribution in [3.05, 3.63) is 119 Å². The molecular weight excluding hydrogens is 412 g/mol. The van der Waals surface area contributed by atoms with E-state index in [0.29, 0.717) is 23.4 Å². The van der Waals surface area contributed by atoms with Gasteiger partial charge in [0.15, 0.2) is 0 Å². The lowest BCUT2D eigenvalue weighted by Gasteiger charge is -2.16. The Morgan fingerprint density at radius 2 is 1.61 bits per heavy atom. The summed E-state index contributed by atoms with van der Waals surface area (Å²) in [6, 6.07) is 24.0. The summed E-state index contributed by atoms with van der Waals surface area (Å²) in [5.74, 6) is 0.429. The Balaban J connectivity index is 1.44. The van der Waals surface area contributed by atoms with Crippen LogP contribution in [0, 0.1) is 6.92 Å². The molecule has 0 saturated heterocycles. The molecule has 4 rings (SSSR count). The van der Waals surface area contributed by atoms with E-state index in [1.54, 1.807) is 42.6 Å². The number of amides is 2. The van der Waals surface area contributed by atoms with E-state index in [-0.39, 0.29) is 17.9 Å². The van der Waals surface area contributed by atoms with Crippen LogP contribution >= 0.6 is 0 Å². The number of benzene rings is 3. The van der Waals surface area contributed by atoms with Crippen molar-refractivity contribution in [2.75, 3.05) is 5.32 Å². The maximum absolute atomic E-state index is 12.9. The van der Waals surface area contributed by atoms with Crippen LogP contribution in [-0.4, -0.2) is 21.4 Å². The number of aryl methyl sites for hydroxylation is 1. The Hall–Kier alpha value is -4.19. The van der Waals surface area contributed by atoms with Gasteiger partial charge in [-0.1, -0.05) is 54.6 Å². The summed E-state index contributed by atoms with van der Waals surface area (Å²) >= 11 is 0. The van der Waals surface area contributed by atoms with Gasteiger partial charge >= 0.3 is 0 Å². The Kier molecular flexibility index (Phi) is 6.64. The van der Waals surface area contributed by atoms with Crippen LogP contribution in [0.15, 0.2) is 91.3 Å². The molecule has 0 unspecified atom stereocenters. The van der Waals surface area contributed by atoms with Crippen molar-refractivity contribution in [2.45, 2.75) is 26.4 Å². The normalized spacial score (nSPS) is 11.6. The zero-order chi connectivity index (χ0) is 23.2. The summed E-state index contributed by atoms with van der Waals surface area (Å²) in [5.41, 5.74) is 3.49. The summed E-state index contributed by atoms with van der Waals surface area (Å²) in [4.78, 5) is 30.0. The lowest BCUT2D eigenvalue weighted by atomic mass is 10.1. The van der Waals surface area contributed by atoms with Crippen LogP contribution in [0.3, 0.4) is 0 Å². The predicted octanol–water partition coefficient (Wildman–Crippen LogP) is 4.98. The monoisotopic (exact) mass is 438 g/mol. The van der Waals surface area contributed by atoms with E-state index in [2.05, 4.69) is 15.6 Å². The molecule has 0 spiro atoms. The molecule has 0 aliphatic rings. The number of aromatic nitrogens is 2. The van der Waals surface area contributed by atoms with Gasteiger partial charge in [-0.05, 0) is 49.2 Å². The zero-order valence-corrected chi connectivity index (χ0v) is 18.7. The fourth-order valence-electron chi connectivity index (χ4n) is 3.61. The molecule has 0 bridgehead atoms. The number of carbonyl (C=O) groups is 2.